The topological polar surface area (TPSA) is 0 Å². The van der Waals surface area contributed by atoms with E-state index in [0.717, 1.165) is 6.42 Å². The minimum Gasteiger partial charge on any atom is -0.184 e. The molecule has 0 saturated carbocycles. The van der Waals surface area contributed by atoms with Crippen LogP contribution in [0.4, 0.5) is 0 Å². The number of hydrogen-bond donors (Lipinski definition) is 0. The fraction of sp³-hybridized carbons (Fsp3) is 0.0323. The van der Waals surface area contributed by atoms with Gasteiger partial charge in [-0.3, -0.25) is 0 Å². The van der Waals surface area contributed by atoms with Crippen LogP contribution in [0, 0.1) is 12.1 Å². The zero-order chi connectivity index (χ0) is 22.4. The molecule has 0 atom stereocenters. The summed E-state index contributed by atoms with van der Waals surface area (Å²) >= 11 is 1.30. The van der Waals surface area contributed by atoms with Crippen molar-refractivity contribution in [2.75, 3.05) is 0 Å². The number of benzene rings is 4. The molecule has 0 spiro atoms. The molecule has 172 valence electrons. The van der Waals surface area contributed by atoms with Gasteiger partial charge >= 0.3 is 28.4 Å². The van der Waals surface area contributed by atoms with Crippen molar-refractivity contribution < 1.29 is 24.2 Å². The van der Waals surface area contributed by atoms with E-state index in [1.807, 2.05) is 60.7 Å². The second-order valence-corrected chi connectivity index (χ2v) is 6.98. The molecule has 3 aliphatic rings. The van der Waals surface area contributed by atoms with Crippen molar-refractivity contribution in [1.29, 1.82) is 0 Å². The summed E-state index contributed by atoms with van der Waals surface area (Å²) in [6, 6.07) is 42.6. The number of fused-ring (bicyclic) bond motifs is 3. The molecule has 0 bridgehead atoms. The first-order valence-electron chi connectivity index (χ1n) is 10.5. The van der Waals surface area contributed by atoms with Crippen LogP contribution in [0.15, 0.2) is 127 Å². The number of halogens is 2. The molecule has 3 heteroatoms. The van der Waals surface area contributed by atoms with Crippen molar-refractivity contribution in [3.63, 3.8) is 0 Å². The summed E-state index contributed by atoms with van der Waals surface area (Å²) in [5.74, 6) is 0. The van der Waals surface area contributed by atoms with Crippen LogP contribution < -0.4 is 0 Å². The maximum Gasteiger partial charge on any atom is -0.171 e. The van der Waals surface area contributed by atoms with Gasteiger partial charge in [-0.2, -0.15) is 72.8 Å². The van der Waals surface area contributed by atoms with Gasteiger partial charge in [0.25, 0.3) is 0 Å². The third-order valence-electron chi connectivity index (χ3n) is 4.99. The minimum absolute atomic E-state index is 0. The molecule has 0 saturated heterocycles. The van der Waals surface area contributed by atoms with Crippen molar-refractivity contribution in [1.82, 2.24) is 0 Å². The maximum absolute atomic E-state index is 3.34. The molecule has 0 nitrogen and oxygen atoms in total. The Kier molecular flexibility index (Phi) is 14.9. The first kappa shape index (κ1) is 29.6. The molecule has 0 aliphatic heterocycles. The number of hydrogen-bond acceptors (Lipinski definition) is 0. The van der Waals surface area contributed by atoms with Crippen LogP contribution in [0.2, 0.25) is 0 Å². The van der Waals surface area contributed by atoms with Crippen molar-refractivity contribution in [2.45, 2.75) is 6.42 Å². The SMILES string of the molecule is C1=CCC([c-]2cccc3c4ccccc4cc2-3)=C1.Cl.Cl.[CH2]=[Zr].[c-]1ccccc1.[c-]1ccccc1. The molecule has 3 aliphatic carbocycles. The van der Waals surface area contributed by atoms with Gasteiger partial charge in [-0.05, 0) is 6.42 Å². The summed E-state index contributed by atoms with van der Waals surface area (Å²) in [5.41, 5.74) is 5.56. The fourth-order valence-electron chi connectivity index (χ4n) is 3.59. The largest absolute Gasteiger partial charge is 0.184 e. The second-order valence-electron chi connectivity index (χ2n) is 6.98. The predicted molar refractivity (Wildman–Crippen MR) is 150 cm³/mol. The summed E-state index contributed by atoms with van der Waals surface area (Å²) < 4.78 is 3.34. The predicted octanol–water partition coefficient (Wildman–Crippen LogP) is 8.79. The van der Waals surface area contributed by atoms with E-state index in [0.29, 0.717) is 0 Å². The van der Waals surface area contributed by atoms with Gasteiger partial charge < -0.3 is 0 Å². The van der Waals surface area contributed by atoms with Gasteiger partial charge in [0.15, 0.2) is 0 Å². The first-order chi connectivity index (χ1) is 15.9. The Bertz CT molecular complexity index is 1140. The van der Waals surface area contributed by atoms with E-state index in [2.05, 4.69) is 83.1 Å². The Morgan fingerprint density at radius 3 is 1.85 bits per heavy atom. The summed E-state index contributed by atoms with van der Waals surface area (Å²) in [4.78, 5) is 0. The van der Waals surface area contributed by atoms with Gasteiger partial charge in [-0.1, -0.05) is 58.3 Å². The standard InChI is InChI=1S/C18H13.2C6H5.CH2.2ClH.Zr/c1-2-7-13(6-1)15-10-5-11-17-16-9-4-3-8-14(16)12-18(15)17;2*1-2-4-6-5-3-1;;;;/h1-6,8-12H,7H2;2*1-5H;1H2;2*1H;/q3*-1;;;;. The molecule has 0 amide bonds. The van der Waals surface area contributed by atoms with Crippen LogP contribution >= 0.6 is 24.8 Å². The van der Waals surface area contributed by atoms with Crippen LogP contribution in [0.3, 0.4) is 0 Å². The van der Waals surface area contributed by atoms with Gasteiger partial charge in [0.1, 0.15) is 0 Å². The van der Waals surface area contributed by atoms with Gasteiger partial charge in [0.2, 0.25) is 0 Å². The quantitative estimate of drug-likeness (QED) is 0.180. The van der Waals surface area contributed by atoms with Crippen LogP contribution in [0.5, 0.6) is 0 Å². The normalized spacial score (nSPS) is 10.6. The number of rotatable bonds is 1. The van der Waals surface area contributed by atoms with E-state index < -0.39 is 0 Å². The molecule has 0 unspecified atom stereocenters. The van der Waals surface area contributed by atoms with E-state index in [-0.39, 0.29) is 24.8 Å². The molecule has 0 heterocycles. The molecule has 0 radical (unpaired) electrons. The second kappa shape index (κ2) is 17.1. The van der Waals surface area contributed by atoms with E-state index in [1.54, 1.807) is 0 Å². The van der Waals surface area contributed by atoms with Crippen LogP contribution in [0.25, 0.3) is 27.5 Å². The Labute approximate surface area is 230 Å². The van der Waals surface area contributed by atoms with Crippen molar-refractivity contribution in [2.24, 2.45) is 0 Å². The fourth-order valence-corrected chi connectivity index (χ4v) is 3.59. The summed E-state index contributed by atoms with van der Waals surface area (Å²) in [6.45, 7) is 0. The van der Waals surface area contributed by atoms with E-state index in [4.69, 9.17) is 0 Å². The average Bonchev–Trinajstić information content (AvgIpc) is 3.56. The molecule has 0 N–H and O–H groups in total. The third kappa shape index (κ3) is 8.41. The monoisotopic (exact) mass is 559 g/mol. The van der Waals surface area contributed by atoms with Crippen molar-refractivity contribution in [3.8, 4) is 11.1 Å². The van der Waals surface area contributed by atoms with Gasteiger partial charge in [-0.15, -0.1) is 66.3 Å². The van der Waals surface area contributed by atoms with Crippen molar-refractivity contribution in [3.05, 3.63) is 145 Å². The summed E-state index contributed by atoms with van der Waals surface area (Å²) in [6.07, 6.45) is 7.65. The molecule has 6 rings (SSSR count). The molecule has 3 aromatic rings. The Morgan fingerprint density at radius 1 is 0.735 bits per heavy atom. The average molecular weight is 562 g/mol. The third-order valence-corrected chi connectivity index (χ3v) is 4.99. The molecule has 0 aromatic heterocycles. The first-order valence-corrected chi connectivity index (χ1v) is 12.3. The smallest absolute Gasteiger partial charge is 0.171 e. The molecule has 34 heavy (non-hydrogen) atoms. The Hall–Kier alpha value is -2.44. The van der Waals surface area contributed by atoms with E-state index in [9.17, 15) is 0 Å². The summed E-state index contributed by atoms with van der Waals surface area (Å²) in [5, 5.41) is 2.70. The van der Waals surface area contributed by atoms with Crippen molar-refractivity contribution >= 4 is 45.4 Å². The van der Waals surface area contributed by atoms with Gasteiger partial charge in [0.05, 0.1) is 0 Å². The zero-order valence-corrected chi connectivity index (χ0v) is 22.9. The maximum atomic E-state index is 3.34. The van der Waals surface area contributed by atoms with Crippen LogP contribution in [-0.4, -0.2) is 4.21 Å². The Morgan fingerprint density at radius 2 is 1.35 bits per heavy atom. The van der Waals surface area contributed by atoms with Gasteiger partial charge in [0, 0.05) is 0 Å². The van der Waals surface area contributed by atoms with Gasteiger partial charge in [-0.25, -0.2) is 0 Å². The van der Waals surface area contributed by atoms with E-state index >= 15 is 0 Å². The van der Waals surface area contributed by atoms with Crippen LogP contribution in [-0.2, 0) is 24.2 Å². The molecule has 0 fully saturated rings. The zero-order valence-electron chi connectivity index (χ0n) is 18.9. The van der Waals surface area contributed by atoms with E-state index in [1.165, 1.54) is 57.3 Å². The summed E-state index contributed by atoms with van der Waals surface area (Å²) in [7, 11) is 0. The van der Waals surface area contributed by atoms with Crippen LogP contribution in [0.1, 0.15) is 12.0 Å². The minimum atomic E-state index is 0. The molecular weight excluding hydrogens is 534 g/mol. The molecule has 3 aromatic carbocycles. The number of allylic oxidation sites excluding steroid dienone is 4. The Balaban J connectivity index is 0.000000301. The molecular formula is C31H27Cl2Zr-3.